The second kappa shape index (κ2) is 8.12. The normalized spacial score (nSPS) is 16.6. The summed E-state index contributed by atoms with van der Waals surface area (Å²) in [5.74, 6) is -1.28. The molecule has 1 unspecified atom stereocenters. The molecule has 1 N–H and O–H groups in total. The van der Waals surface area contributed by atoms with Crippen LogP contribution in [0.15, 0.2) is 63.5 Å². The van der Waals surface area contributed by atoms with Gasteiger partial charge in [-0.3, -0.25) is 0 Å². The molecule has 2 heterocycles. The van der Waals surface area contributed by atoms with Crippen LogP contribution in [0.5, 0.6) is 0 Å². The van der Waals surface area contributed by atoms with E-state index >= 15 is 0 Å². The number of aromatic nitrogens is 1. The van der Waals surface area contributed by atoms with Gasteiger partial charge >= 0.3 is 11.9 Å². The van der Waals surface area contributed by atoms with Gasteiger partial charge in [0.2, 0.25) is 0 Å². The van der Waals surface area contributed by atoms with E-state index in [4.69, 9.17) is 14.0 Å². The highest BCUT2D eigenvalue weighted by Crippen LogP contribution is 2.39. The minimum Gasteiger partial charge on any atom is -0.466 e. The number of carbonyl (C=O) groups is 2. The third-order valence-corrected chi connectivity index (χ3v) is 4.54. The molecule has 1 aromatic heterocycles. The molecule has 7 heteroatoms. The Morgan fingerprint density at radius 3 is 2.36 bits per heavy atom. The van der Waals surface area contributed by atoms with Crippen LogP contribution in [0.25, 0.3) is 11.3 Å². The fraction of sp³-hybridized carbons (Fsp3) is 0.286. The van der Waals surface area contributed by atoms with Gasteiger partial charge in [-0.1, -0.05) is 35.5 Å². The lowest BCUT2D eigenvalue weighted by Gasteiger charge is -2.28. The second-order valence-corrected chi connectivity index (χ2v) is 6.33. The Balaban J connectivity index is 2.13. The molecule has 1 atom stereocenters. The minimum atomic E-state index is -0.756. The smallest absolute Gasteiger partial charge is 0.336 e. The van der Waals surface area contributed by atoms with E-state index in [2.05, 4.69) is 10.5 Å². The van der Waals surface area contributed by atoms with Gasteiger partial charge in [-0.05, 0) is 20.8 Å². The monoisotopic (exact) mass is 382 g/mol. The summed E-state index contributed by atoms with van der Waals surface area (Å²) in [7, 11) is 1.30. The van der Waals surface area contributed by atoms with Crippen molar-refractivity contribution >= 4 is 11.9 Å². The number of dihydropyridines is 1. The van der Waals surface area contributed by atoms with Gasteiger partial charge < -0.3 is 19.3 Å². The number of esters is 2. The number of methoxy groups -OCH3 is 1. The summed E-state index contributed by atoms with van der Waals surface area (Å²) in [6.07, 6.45) is 0. The molecule has 1 aromatic carbocycles. The number of carbonyl (C=O) groups excluding carboxylic acids is 2. The zero-order valence-corrected chi connectivity index (χ0v) is 16.2. The first-order valence-corrected chi connectivity index (χ1v) is 8.93. The van der Waals surface area contributed by atoms with Crippen molar-refractivity contribution in [3.63, 3.8) is 0 Å². The molecule has 1 aliphatic heterocycles. The molecule has 146 valence electrons. The highest BCUT2D eigenvalue weighted by Gasteiger charge is 2.39. The van der Waals surface area contributed by atoms with Gasteiger partial charge in [0.25, 0.3) is 0 Å². The van der Waals surface area contributed by atoms with Crippen LogP contribution in [0, 0.1) is 0 Å². The standard InChI is InChI=1S/C21H22N2O5/c1-5-27-21(25)18-13(3)22-12(2)17(20(24)26-4)19(18)15-11-16(28-23-15)14-9-7-6-8-10-14/h6-11,19,22H,5H2,1-4H3. The maximum atomic E-state index is 12.7. The summed E-state index contributed by atoms with van der Waals surface area (Å²) >= 11 is 0. The van der Waals surface area contributed by atoms with Gasteiger partial charge in [-0.2, -0.15) is 0 Å². The zero-order chi connectivity index (χ0) is 20.3. The van der Waals surface area contributed by atoms with Gasteiger partial charge in [-0.15, -0.1) is 0 Å². The molecular weight excluding hydrogens is 360 g/mol. The Hall–Kier alpha value is -3.35. The molecule has 1 aliphatic rings. The number of benzene rings is 1. The van der Waals surface area contributed by atoms with Gasteiger partial charge in [0.1, 0.15) is 0 Å². The van der Waals surface area contributed by atoms with Crippen molar-refractivity contribution in [3.8, 4) is 11.3 Å². The second-order valence-electron chi connectivity index (χ2n) is 6.33. The van der Waals surface area contributed by atoms with Gasteiger partial charge in [0, 0.05) is 23.0 Å². The maximum absolute atomic E-state index is 12.7. The van der Waals surface area contributed by atoms with E-state index in [0.29, 0.717) is 34.0 Å². The van der Waals surface area contributed by atoms with Crippen molar-refractivity contribution in [1.29, 1.82) is 0 Å². The van der Waals surface area contributed by atoms with Crippen LogP contribution in [-0.4, -0.2) is 30.8 Å². The molecule has 28 heavy (non-hydrogen) atoms. The van der Waals surface area contributed by atoms with Crippen LogP contribution < -0.4 is 5.32 Å². The highest BCUT2D eigenvalue weighted by atomic mass is 16.5. The number of allylic oxidation sites excluding steroid dienone is 2. The molecule has 0 radical (unpaired) electrons. The van der Waals surface area contributed by atoms with Crippen LogP contribution in [0.3, 0.4) is 0 Å². The summed E-state index contributed by atoms with van der Waals surface area (Å²) in [4.78, 5) is 25.2. The number of hydrogen-bond donors (Lipinski definition) is 1. The first-order chi connectivity index (χ1) is 13.5. The first-order valence-electron chi connectivity index (χ1n) is 8.93. The number of ether oxygens (including phenoxy) is 2. The Labute approximate surface area is 163 Å². The number of nitrogens with one attached hydrogen (secondary N) is 1. The van der Waals surface area contributed by atoms with Crippen molar-refractivity contribution in [3.05, 3.63) is 64.6 Å². The van der Waals surface area contributed by atoms with Crippen molar-refractivity contribution in [1.82, 2.24) is 10.5 Å². The first kappa shape index (κ1) is 19.4. The van der Waals surface area contributed by atoms with Crippen LogP contribution >= 0.6 is 0 Å². The van der Waals surface area contributed by atoms with Crippen LogP contribution in [0.4, 0.5) is 0 Å². The van der Waals surface area contributed by atoms with E-state index in [0.717, 1.165) is 5.56 Å². The van der Waals surface area contributed by atoms with E-state index in [1.165, 1.54) is 7.11 Å². The van der Waals surface area contributed by atoms with E-state index in [-0.39, 0.29) is 6.61 Å². The van der Waals surface area contributed by atoms with Crippen LogP contribution in [-0.2, 0) is 19.1 Å². The fourth-order valence-electron chi connectivity index (χ4n) is 3.31. The van der Waals surface area contributed by atoms with Crippen LogP contribution in [0.2, 0.25) is 0 Å². The summed E-state index contributed by atoms with van der Waals surface area (Å²) in [6.45, 7) is 5.45. The maximum Gasteiger partial charge on any atom is 0.336 e. The largest absolute Gasteiger partial charge is 0.466 e. The molecule has 0 aliphatic carbocycles. The number of nitrogens with zero attached hydrogens (tertiary/aromatic N) is 1. The van der Waals surface area contributed by atoms with Crippen molar-refractivity contribution < 1.29 is 23.6 Å². The summed E-state index contributed by atoms with van der Waals surface area (Å²) in [5.41, 5.74) is 3.06. The number of rotatable bonds is 5. The molecule has 3 rings (SSSR count). The average molecular weight is 382 g/mol. The molecule has 0 saturated carbocycles. The van der Waals surface area contributed by atoms with Gasteiger partial charge in [0.15, 0.2) is 5.76 Å². The quantitative estimate of drug-likeness (QED) is 0.793. The average Bonchev–Trinajstić information content (AvgIpc) is 3.17. The Bertz CT molecular complexity index is 956. The fourth-order valence-corrected chi connectivity index (χ4v) is 3.31. The highest BCUT2D eigenvalue weighted by molar-refractivity contribution is 5.99. The Morgan fingerprint density at radius 2 is 1.75 bits per heavy atom. The lowest BCUT2D eigenvalue weighted by molar-refractivity contribution is -0.139. The van der Waals surface area contributed by atoms with Crippen molar-refractivity contribution in [2.45, 2.75) is 26.7 Å². The van der Waals surface area contributed by atoms with E-state index in [1.54, 1.807) is 26.8 Å². The molecule has 0 saturated heterocycles. The third-order valence-electron chi connectivity index (χ3n) is 4.54. The molecule has 7 nitrogen and oxygen atoms in total. The Kier molecular flexibility index (Phi) is 5.63. The lowest BCUT2D eigenvalue weighted by Crippen LogP contribution is -2.32. The van der Waals surface area contributed by atoms with Crippen LogP contribution in [0.1, 0.15) is 32.4 Å². The summed E-state index contributed by atoms with van der Waals surface area (Å²) in [5, 5.41) is 7.23. The van der Waals surface area contributed by atoms with E-state index in [9.17, 15) is 9.59 Å². The SMILES string of the molecule is CCOC(=O)C1=C(C)NC(C)=C(C(=O)OC)C1c1cc(-c2ccccc2)on1. The van der Waals surface area contributed by atoms with Crippen molar-refractivity contribution in [2.24, 2.45) is 0 Å². The molecule has 0 spiro atoms. The van der Waals surface area contributed by atoms with E-state index in [1.807, 2.05) is 30.3 Å². The lowest BCUT2D eigenvalue weighted by atomic mass is 9.83. The molecule has 0 fully saturated rings. The van der Waals surface area contributed by atoms with E-state index < -0.39 is 17.9 Å². The topological polar surface area (TPSA) is 90.7 Å². The molecule has 0 bridgehead atoms. The number of hydrogen-bond acceptors (Lipinski definition) is 7. The van der Waals surface area contributed by atoms with Crippen molar-refractivity contribution in [2.75, 3.05) is 13.7 Å². The predicted molar refractivity (Wildman–Crippen MR) is 102 cm³/mol. The van der Waals surface area contributed by atoms with Gasteiger partial charge in [0.05, 0.1) is 36.5 Å². The van der Waals surface area contributed by atoms with Gasteiger partial charge in [-0.25, -0.2) is 9.59 Å². The molecule has 0 amide bonds. The minimum absolute atomic E-state index is 0.215. The predicted octanol–water partition coefficient (Wildman–Crippen LogP) is 3.31. The molecule has 2 aromatic rings. The molecular formula is C21H22N2O5. The zero-order valence-electron chi connectivity index (χ0n) is 16.2. The summed E-state index contributed by atoms with van der Waals surface area (Å²) < 4.78 is 15.7. The third kappa shape index (κ3) is 3.55. The summed E-state index contributed by atoms with van der Waals surface area (Å²) in [6, 6.07) is 11.2. The Morgan fingerprint density at radius 1 is 1.11 bits per heavy atom.